The van der Waals surface area contributed by atoms with Gasteiger partial charge in [-0.05, 0) is 73.9 Å². The third kappa shape index (κ3) is 2.87. The van der Waals surface area contributed by atoms with Crippen molar-refractivity contribution in [3.8, 4) is 0 Å². The Morgan fingerprint density at radius 2 is 1.72 bits per heavy atom. The fourth-order valence-electron chi connectivity index (χ4n) is 5.37. The average molecular weight is 409 g/mol. The molecule has 148 valence electrons. The summed E-state index contributed by atoms with van der Waals surface area (Å²) < 4.78 is 0. The van der Waals surface area contributed by atoms with Gasteiger partial charge in [0.2, 0.25) is 11.8 Å². The summed E-state index contributed by atoms with van der Waals surface area (Å²) in [4.78, 5) is 40.1. The minimum absolute atomic E-state index is 0.101. The Balaban J connectivity index is 1.42. The number of nitrogens with one attached hydrogen (secondary N) is 1. The number of carbonyl (C=O) groups is 3. The molecule has 3 aliphatic rings. The van der Waals surface area contributed by atoms with Crippen molar-refractivity contribution in [3.63, 3.8) is 0 Å². The number of benzene rings is 2. The predicted molar refractivity (Wildman–Crippen MR) is 111 cm³/mol. The Kier molecular flexibility index (Phi) is 4.24. The molecule has 0 spiro atoms. The van der Waals surface area contributed by atoms with Gasteiger partial charge in [-0.15, -0.1) is 0 Å². The zero-order chi connectivity index (χ0) is 20.3. The topological polar surface area (TPSA) is 66.5 Å². The Morgan fingerprint density at radius 1 is 1.03 bits per heavy atom. The molecule has 1 N–H and O–H groups in total. The first-order valence-electron chi connectivity index (χ1n) is 9.99. The van der Waals surface area contributed by atoms with Gasteiger partial charge in [0.15, 0.2) is 0 Å². The van der Waals surface area contributed by atoms with Crippen LogP contribution in [-0.2, 0) is 9.59 Å². The maximum atomic E-state index is 13.0. The molecule has 0 aromatic heterocycles. The number of anilines is 2. The lowest BCUT2D eigenvalue weighted by Crippen LogP contribution is -2.33. The third-order valence-electron chi connectivity index (χ3n) is 6.74. The highest BCUT2D eigenvalue weighted by atomic mass is 35.5. The fourth-order valence-corrected chi connectivity index (χ4v) is 5.54. The lowest BCUT2D eigenvalue weighted by Gasteiger charge is -2.19. The molecule has 3 fully saturated rings. The van der Waals surface area contributed by atoms with Crippen LogP contribution in [0.3, 0.4) is 0 Å². The second kappa shape index (κ2) is 6.70. The van der Waals surface area contributed by atoms with Gasteiger partial charge in [-0.2, -0.15) is 0 Å². The van der Waals surface area contributed by atoms with Crippen LogP contribution in [0.15, 0.2) is 42.5 Å². The fraction of sp³-hybridized carbons (Fsp3) is 0.348. The molecule has 0 unspecified atom stereocenters. The summed E-state index contributed by atoms with van der Waals surface area (Å²) in [6.45, 7) is 1.89. The molecule has 3 amide bonds. The summed E-state index contributed by atoms with van der Waals surface area (Å²) in [6.07, 6.45) is 3.09. The zero-order valence-electron chi connectivity index (χ0n) is 16.0. The van der Waals surface area contributed by atoms with Gasteiger partial charge in [-0.1, -0.05) is 23.7 Å². The Labute approximate surface area is 174 Å². The van der Waals surface area contributed by atoms with Gasteiger partial charge in [0.25, 0.3) is 5.91 Å². The minimum atomic E-state index is -0.309. The Hall–Kier alpha value is -2.66. The summed E-state index contributed by atoms with van der Waals surface area (Å²) in [7, 11) is 0. The van der Waals surface area contributed by atoms with Crippen LogP contribution in [0.5, 0.6) is 0 Å². The van der Waals surface area contributed by atoms with Crippen molar-refractivity contribution < 1.29 is 14.4 Å². The largest absolute Gasteiger partial charge is 0.322 e. The van der Waals surface area contributed by atoms with Crippen LogP contribution >= 0.6 is 11.6 Å². The molecule has 5 nitrogen and oxygen atoms in total. The predicted octanol–water partition coefficient (Wildman–Crippen LogP) is 4.44. The summed E-state index contributed by atoms with van der Waals surface area (Å²) in [5.41, 5.74) is 2.39. The molecule has 1 saturated heterocycles. The zero-order valence-corrected chi connectivity index (χ0v) is 16.8. The lowest BCUT2D eigenvalue weighted by molar-refractivity contribution is -0.123. The van der Waals surface area contributed by atoms with E-state index in [-0.39, 0.29) is 29.6 Å². The van der Waals surface area contributed by atoms with E-state index in [1.807, 2.05) is 13.0 Å². The first kappa shape index (κ1) is 18.4. The molecule has 0 radical (unpaired) electrons. The van der Waals surface area contributed by atoms with Gasteiger partial charge in [0.1, 0.15) is 0 Å². The molecule has 29 heavy (non-hydrogen) atoms. The average Bonchev–Trinajstić information content (AvgIpc) is 3.38. The minimum Gasteiger partial charge on any atom is -0.322 e. The number of hydrogen-bond donors (Lipinski definition) is 1. The molecule has 6 heteroatoms. The molecular formula is C23H21ClN2O3. The van der Waals surface area contributed by atoms with Crippen LogP contribution in [0.1, 0.15) is 35.2 Å². The maximum absolute atomic E-state index is 13.0. The lowest BCUT2D eigenvalue weighted by atomic mass is 9.81. The number of carbonyl (C=O) groups excluding carboxylic acids is 3. The Bertz CT molecular complexity index is 1020. The van der Waals surface area contributed by atoms with Crippen LogP contribution in [0, 0.1) is 30.6 Å². The number of fused-ring (bicyclic) bond motifs is 5. The van der Waals surface area contributed by atoms with Crippen molar-refractivity contribution in [2.45, 2.75) is 26.2 Å². The second-order valence-electron chi connectivity index (χ2n) is 8.36. The van der Waals surface area contributed by atoms with Crippen LogP contribution < -0.4 is 10.2 Å². The maximum Gasteiger partial charge on any atom is 0.255 e. The van der Waals surface area contributed by atoms with E-state index in [0.29, 0.717) is 33.8 Å². The number of hydrogen-bond acceptors (Lipinski definition) is 3. The molecule has 2 aliphatic carbocycles. The molecule has 2 aromatic carbocycles. The van der Waals surface area contributed by atoms with Gasteiger partial charge in [0, 0.05) is 16.3 Å². The second-order valence-corrected chi connectivity index (χ2v) is 8.80. The van der Waals surface area contributed by atoms with E-state index in [0.717, 1.165) is 24.8 Å². The first-order valence-corrected chi connectivity index (χ1v) is 10.4. The number of halogens is 1. The SMILES string of the molecule is Cc1ccc(Cl)cc1NC(=O)c1cccc(N2C(=O)[C@@H]3[C@H]4CC[C@@H](C4)[C@H]3C2=O)c1. The molecule has 1 heterocycles. The van der Waals surface area contributed by atoms with Crippen molar-refractivity contribution >= 4 is 40.7 Å². The van der Waals surface area contributed by atoms with E-state index in [9.17, 15) is 14.4 Å². The summed E-state index contributed by atoms with van der Waals surface area (Å²) in [5, 5.41) is 3.40. The van der Waals surface area contributed by atoms with E-state index in [2.05, 4.69) is 5.32 Å². The van der Waals surface area contributed by atoms with Gasteiger partial charge >= 0.3 is 0 Å². The molecule has 5 rings (SSSR count). The van der Waals surface area contributed by atoms with Crippen molar-refractivity contribution in [1.82, 2.24) is 0 Å². The van der Waals surface area contributed by atoms with Gasteiger partial charge in [0.05, 0.1) is 17.5 Å². The first-order chi connectivity index (χ1) is 13.9. The third-order valence-corrected chi connectivity index (χ3v) is 6.98. The van der Waals surface area contributed by atoms with E-state index in [4.69, 9.17) is 11.6 Å². The molecular weight excluding hydrogens is 388 g/mol. The summed E-state index contributed by atoms with van der Waals surface area (Å²) in [6, 6.07) is 12.0. The van der Waals surface area contributed by atoms with Gasteiger partial charge in [-0.3, -0.25) is 19.3 Å². The molecule has 2 aromatic rings. The van der Waals surface area contributed by atoms with E-state index >= 15 is 0 Å². The smallest absolute Gasteiger partial charge is 0.255 e. The molecule has 4 atom stereocenters. The monoisotopic (exact) mass is 408 g/mol. The van der Waals surface area contributed by atoms with Gasteiger partial charge < -0.3 is 5.32 Å². The van der Waals surface area contributed by atoms with E-state index < -0.39 is 0 Å². The normalized spacial score (nSPS) is 27.4. The number of rotatable bonds is 3. The van der Waals surface area contributed by atoms with Crippen LogP contribution in [-0.4, -0.2) is 17.7 Å². The Morgan fingerprint density at radius 3 is 2.41 bits per heavy atom. The van der Waals surface area contributed by atoms with E-state index in [1.165, 1.54) is 4.90 Å². The molecule has 2 bridgehead atoms. The van der Waals surface area contributed by atoms with Crippen molar-refractivity contribution in [3.05, 3.63) is 58.6 Å². The van der Waals surface area contributed by atoms with E-state index in [1.54, 1.807) is 36.4 Å². The van der Waals surface area contributed by atoms with Gasteiger partial charge in [-0.25, -0.2) is 0 Å². The standard InChI is InChI=1S/C23H21ClN2O3/c1-12-5-8-16(24)11-18(12)25-21(27)15-3-2-4-17(10-15)26-22(28)19-13-6-7-14(9-13)20(19)23(26)29/h2-5,8,10-11,13-14,19-20H,6-7,9H2,1H3,(H,25,27)/t13-,14-,19+,20+/m0/s1. The molecule has 2 saturated carbocycles. The number of amides is 3. The van der Waals surface area contributed by atoms with Crippen molar-refractivity contribution in [2.75, 3.05) is 10.2 Å². The number of aryl methyl sites for hydroxylation is 1. The van der Waals surface area contributed by atoms with Crippen LogP contribution in [0.4, 0.5) is 11.4 Å². The highest BCUT2D eigenvalue weighted by Gasteiger charge is 2.61. The summed E-state index contributed by atoms with van der Waals surface area (Å²) >= 11 is 6.03. The van der Waals surface area contributed by atoms with Crippen LogP contribution in [0.2, 0.25) is 5.02 Å². The quantitative estimate of drug-likeness (QED) is 0.763. The van der Waals surface area contributed by atoms with Crippen LogP contribution in [0.25, 0.3) is 0 Å². The number of nitrogens with zero attached hydrogens (tertiary/aromatic N) is 1. The number of imide groups is 1. The molecule has 1 aliphatic heterocycles. The van der Waals surface area contributed by atoms with Crippen molar-refractivity contribution in [2.24, 2.45) is 23.7 Å². The van der Waals surface area contributed by atoms with Crippen molar-refractivity contribution in [1.29, 1.82) is 0 Å². The highest BCUT2D eigenvalue weighted by molar-refractivity contribution is 6.31. The highest BCUT2D eigenvalue weighted by Crippen LogP contribution is 2.56. The summed E-state index contributed by atoms with van der Waals surface area (Å²) in [5.74, 6) is -0.185.